The molecule has 1 aliphatic carbocycles. The van der Waals surface area contributed by atoms with E-state index in [1.165, 1.54) is 0 Å². The van der Waals surface area contributed by atoms with Crippen molar-refractivity contribution in [3.05, 3.63) is 29.8 Å². The lowest BCUT2D eigenvalue weighted by atomic mass is 9.66. The number of nitrogens with one attached hydrogen (secondary N) is 1. The SMILES string of the molecule is O=C(CC1(C(=O)O)CCC1)Nc1ccc(C(=O)N2CCCC2)cc1. The summed E-state index contributed by atoms with van der Waals surface area (Å²) in [6.45, 7) is 1.60. The van der Waals surface area contributed by atoms with E-state index >= 15 is 0 Å². The van der Waals surface area contributed by atoms with Gasteiger partial charge in [0.1, 0.15) is 0 Å². The van der Waals surface area contributed by atoms with Gasteiger partial charge in [-0.05, 0) is 49.9 Å². The molecule has 3 rings (SSSR count). The van der Waals surface area contributed by atoms with Gasteiger partial charge in [0.25, 0.3) is 5.91 Å². The Hall–Kier alpha value is -2.37. The number of likely N-dealkylation sites (tertiary alicyclic amines) is 1. The normalized spacial score (nSPS) is 18.8. The summed E-state index contributed by atoms with van der Waals surface area (Å²) in [5.41, 5.74) is 0.296. The highest BCUT2D eigenvalue weighted by atomic mass is 16.4. The van der Waals surface area contributed by atoms with Gasteiger partial charge in [-0.2, -0.15) is 0 Å². The fourth-order valence-corrected chi connectivity index (χ4v) is 3.38. The fourth-order valence-electron chi connectivity index (χ4n) is 3.38. The molecule has 1 aromatic rings. The van der Waals surface area contributed by atoms with E-state index in [1.54, 1.807) is 24.3 Å². The molecule has 0 atom stereocenters. The molecule has 6 nitrogen and oxygen atoms in total. The zero-order chi connectivity index (χ0) is 17.2. The average Bonchev–Trinajstić information content (AvgIpc) is 3.05. The maximum atomic E-state index is 12.3. The van der Waals surface area contributed by atoms with Crippen LogP contribution in [-0.2, 0) is 9.59 Å². The number of anilines is 1. The minimum atomic E-state index is -0.893. The number of hydrogen-bond donors (Lipinski definition) is 2. The molecule has 24 heavy (non-hydrogen) atoms. The van der Waals surface area contributed by atoms with Crippen LogP contribution in [0.2, 0.25) is 0 Å². The van der Waals surface area contributed by atoms with E-state index in [0.29, 0.717) is 24.1 Å². The van der Waals surface area contributed by atoms with Gasteiger partial charge in [-0.25, -0.2) is 0 Å². The number of hydrogen-bond acceptors (Lipinski definition) is 3. The molecule has 1 saturated carbocycles. The van der Waals surface area contributed by atoms with Crippen molar-refractivity contribution in [1.29, 1.82) is 0 Å². The molecule has 128 valence electrons. The van der Waals surface area contributed by atoms with E-state index in [2.05, 4.69) is 5.32 Å². The molecule has 0 unspecified atom stereocenters. The molecule has 1 heterocycles. The van der Waals surface area contributed by atoms with Crippen LogP contribution in [0.3, 0.4) is 0 Å². The quantitative estimate of drug-likeness (QED) is 0.868. The number of rotatable bonds is 5. The Morgan fingerprint density at radius 1 is 1.04 bits per heavy atom. The van der Waals surface area contributed by atoms with Gasteiger partial charge in [0.15, 0.2) is 0 Å². The second-order valence-electron chi connectivity index (χ2n) is 6.74. The van der Waals surface area contributed by atoms with Gasteiger partial charge in [-0.15, -0.1) is 0 Å². The molecular weight excluding hydrogens is 308 g/mol. The van der Waals surface area contributed by atoms with Crippen LogP contribution in [0.25, 0.3) is 0 Å². The van der Waals surface area contributed by atoms with Crippen LogP contribution < -0.4 is 5.32 Å². The second kappa shape index (κ2) is 6.63. The molecule has 0 spiro atoms. The number of carbonyl (C=O) groups excluding carboxylic acids is 2. The highest BCUT2D eigenvalue weighted by Gasteiger charge is 2.45. The van der Waals surface area contributed by atoms with E-state index in [4.69, 9.17) is 0 Å². The van der Waals surface area contributed by atoms with Gasteiger partial charge in [-0.3, -0.25) is 14.4 Å². The Kier molecular flexibility index (Phi) is 4.55. The maximum absolute atomic E-state index is 12.3. The molecule has 0 aromatic heterocycles. The van der Waals surface area contributed by atoms with Crippen LogP contribution in [0.5, 0.6) is 0 Å². The van der Waals surface area contributed by atoms with Crippen LogP contribution in [-0.4, -0.2) is 40.9 Å². The largest absolute Gasteiger partial charge is 0.481 e. The van der Waals surface area contributed by atoms with Gasteiger partial charge < -0.3 is 15.3 Å². The van der Waals surface area contributed by atoms with Crippen LogP contribution in [0.1, 0.15) is 48.9 Å². The molecule has 0 radical (unpaired) electrons. The summed E-state index contributed by atoms with van der Waals surface area (Å²) in [7, 11) is 0. The average molecular weight is 330 g/mol. The molecule has 2 fully saturated rings. The first-order valence-corrected chi connectivity index (χ1v) is 8.43. The zero-order valence-corrected chi connectivity index (χ0v) is 13.6. The summed E-state index contributed by atoms with van der Waals surface area (Å²) in [5, 5.41) is 12.0. The summed E-state index contributed by atoms with van der Waals surface area (Å²) in [6, 6.07) is 6.78. The molecular formula is C18H22N2O4. The minimum Gasteiger partial charge on any atom is -0.481 e. The lowest BCUT2D eigenvalue weighted by molar-refractivity contribution is -0.157. The number of nitrogens with zero attached hydrogens (tertiary/aromatic N) is 1. The van der Waals surface area contributed by atoms with Crippen molar-refractivity contribution in [3.8, 4) is 0 Å². The third-order valence-corrected chi connectivity index (χ3v) is 5.07. The van der Waals surface area contributed by atoms with Crippen LogP contribution in [0.4, 0.5) is 5.69 Å². The van der Waals surface area contributed by atoms with Crippen molar-refractivity contribution < 1.29 is 19.5 Å². The van der Waals surface area contributed by atoms with E-state index in [9.17, 15) is 19.5 Å². The minimum absolute atomic E-state index is 0.00318. The number of aliphatic carboxylic acids is 1. The van der Waals surface area contributed by atoms with Crippen LogP contribution >= 0.6 is 0 Å². The standard InChI is InChI=1S/C18H22N2O4/c21-15(12-18(17(23)24)8-3-9-18)19-14-6-4-13(5-7-14)16(22)20-10-1-2-11-20/h4-7H,1-3,8-12H2,(H,19,21)(H,23,24). The van der Waals surface area contributed by atoms with E-state index < -0.39 is 11.4 Å². The molecule has 1 saturated heterocycles. The smallest absolute Gasteiger partial charge is 0.310 e. The Morgan fingerprint density at radius 3 is 2.17 bits per heavy atom. The van der Waals surface area contributed by atoms with Gasteiger partial charge in [0.05, 0.1) is 5.41 Å². The van der Waals surface area contributed by atoms with Gasteiger partial charge in [0, 0.05) is 30.8 Å². The number of carboxylic acid groups (broad SMARTS) is 1. The third kappa shape index (κ3) is 3.27. The lowest BCUT2D eigenvalue weighted by Gasteiger charge is -2.36. The predicted octanol–water partition coefficient (Wildman–Crippen LogP) is 2.51. The van der Waals surface area contributed by atoms with Crippen LogP contribution in [0, 0.1) is 5.41 Å². The Morgan fingerprint density at radius 2 is 1.67 bits per heavy atom. The fraction of sp³-hybridized carbons (Fsp3) is 0.500. The second-order valence-corrected chi connectivity index (χ2v) is 6.74. The molecule has 6 heteroatoms. The Balaban J connectivity index is 1.58. The first-order chi connectivity index (χ1) is 11.5. The van der Waals surface area contributed by atoms with Crippen molar-refractivity contribution in [1.82, 2.24) is 4.90 Å². The number of amides is 2. The van der Waals surface area contributed by atoms with Crippen molar-refractivity contribution in [2.75, 3.05) is 18.4 Å². The third-order valence-electron chi connectivity index (χ3n) is 5.07. The molecule has 2 N–H and O–H groups in total. The van der Waals surface area contributed by atoms with Gasteiger partial charge in [0.2, 0.25) is 5.91 Å². The first kappa shape index (κ1) is 16.5. The highest BCUT2D eigenvalue weighted by Crippen LogP contribution is 2.44. The van der Waals surface area contributed by atoms with E-state index in [0.717, 1.165) is 32.4 Å². The summed E-state index contributed by atoms with van der Waals surface area (Å²) in [5.74, 6) is -1.17. The molecule has 1 aromatic carbocycles. The molecule has 2 aliphatic rings. The van der Waals surface area contributed by atoms with Crippen molar-refractivity contribution in [2.24, 2.45) is 5.41 Å². The van der Waals surface area contributed by atoms with E-state index in [-0.39, 0.29) is 18.2 Å². The number of benzene rings is 1. The van der Waals surface area contributed by atoms with Crippen LogP contribution in [0.15, 0.2) is 24.3 Å². The summed E-state index contributed by atoms with van der Waals surface area (Å²) >= 11 is 0. The van der Waals surface area contributed by atoms with E-state index in [1.807, 2.05) is 4.90 Å². The highest BCUT2D eigenvalue weighted by molar-refractivity contribution is 5.97. The van der Waals surface area contributed by atoms with Gasteiger partial charge in [-0.1, -0.05) is 6.42 Å². The lowest BCUT2D eigenvalue weighted by Crippen LogP contribution is -2.41. The number of carboxylic acids is 1. The van der Waals surface area contributed by atoms with Gasteiger partial charge >= 0.3 is 5.97 Å². The Labute approximate surface area is 140 Å². The summed E-state index contributed by atoms with van der Waals surface area (Å²) in [6.07, 6.45) is 4.05. The summed E-state index contributed by atoms with van der Waals surface area (Å²) in [4.78, 5) is 37.5. The molecule has 2 amide bonds. The number of carbonyl (C=O) groups is 3. The molecule has 0 bridgehead atoms. The summed E-state index contributed by atoms with van der Waals surface area (Å²) < 4.78 is 0. The maximum Gasteiger partial charge on any atom is 0.310 e. The van der Waals surface area contributed by atoms with Crippen molar-refractivity contribution in [2.45, 2.75) is 38.5 Å². The van der Waals surface area contributed by atoms with Crippen molar-refractivity contribution >= 4 is 23.5 Å². The van der Waals surface area contributed by atoms with Crippen molar-refractivity contribution in [3.63, 3.8) is 0 Å². The predicted molar refractivity (Wildman–Crippen MR) is 88.7 cm³/mol. The Bertz CT molecular complexity index is 643. The zero-order valence-electron chi connectivity index (χ0n) is 13.6. The molecule has 1 aliphatic heterocycles. The topological polar surface area (TPSA) is 86.7 Å². The first-order valence-electron chi connectivity index (χ1n) is 8.43. The monoisotopic (exact) mass is 330 g/mol.